The Morgan fingerprint density at radius 1 is 1.35 bits per heavy atom. The Kier molecular flexibility index (Phi) is 5.09. The Hall–Kier alpha value is -0.930. The Bertz CT molecular complexity index is 363. The van der Waals surface area contributed by atoms with E-state index in [1.165, 1.54) is 6.07 Å². The number of nitrogens with zero attached hydrogens (tertiary/aromatic N) is 1. The summed E-state index contributed by atoms with van der Waals surface area (Å²) in [5, 5.41) is 0. The van der Waals surface area contributed by atoms with Gasteiger partial charge in [-0.15, -0.1) is 0 Å². The molecule has 0 amide bonds. The van der Waals surface area contributed by atoms with Gasteiger partial charge in [-0.1, -0.05) is 19.1 Å². The van der Waals surface area contributed by atoms with Crippen LogP contribution in [0.4, 0.5) is 4.39 Å². The molecule has 1 unspecified atom stereocenters. The van der Waals surface area contributed by atoms with Crippen molar-refractivity contribution >= 4 is 0 Å². The van der Waals surface area contributed by atoms with Gasteiger partial charge < -0.3 is 5.73 Å². The molecule has 1 rings (SSSR count). The fraction of sp³-hybridized carbons (Fsp3) is 0.571. The van der Waals surface area contributed by atoms with Gasteiger partial charge in [0.15, 0.2) is 0 Å². The Balaban J connectivity index is 3.03. The molecule has 3 heteroatoms. The standard InChI is InChI=1S/C14H23FN2/c1-5-17(10(2)3)14(9-16)12-6-7-13(15)11(4)8-12/h6-8,10,14H,5,9,16H2,1-4H3. The van der Waals surface area contributed by atoms with E-state index in [1.807, 2.05) is 12.1 Å². The zero-order chi connectivity index (χ0) is 13.0. The van der Waals surface area contributed by atoms with Gasteiger partial charge in [0.2, 0.25) is 0 Å². The largest absolute Gasteiger partial charge is 0.329 e. The van der Waals surface area contributed by atoms with E-state index in [-0.39, 0.29) is 11.9 Å². The Morgan fingerprint density at radius 3 is 2.41 bits per heavy atom. The van der Waals surface area contributed by atoms with Crippen molar-refractivity contribution in [2.45, 2.75) is 39.8 Å². The van der Waals surface area contributed by atoms with Gasteiger partial charge >= 0.3 is 0 Å². The van der Waals surface area contributed by atoms with E-state index in [2.05, 4.69) is 25.7 Å². The summed E-state index contributed by atoms with van der Waals surface area (Å²) in [5.41, 5.74) is 7.65. The van der Waals surface area contributed by atoms with E-state index in [9.17, 15) is 4.39 Å². The molecule has 0 aliphatic carbocycles. The summed E-state index contributed by atoms with van der Waals surface area (Å²) in [4.78, 5) is 2.33. The molecule has 2 nitrogen and oxygen atoms in total. The van der Waals surface area contributed by atoms with E-state index < -0.39 is 0 Å². The lowest BCUT2D eigenvalue weighted by Crippen LogP contribution is -2.38. The normalized spacial score (nSPS) is 13.4. The van der Waals surface area contributed by atoms with Crippen LogP contribution >= 0.6 is 0 Å². The lowest BCUT2D eigenvalue weighted by atomic mass is 10.0. The van der Waals surface area contributed by atoms with Gasteiger partial charge in [0.25, 0.3) is 0 Å². The zero-order valence-corrected chi connectivity index (χ0v) is 11.2. The minimum atomic E-state index is -0.155. The van der Waals surface area contributed by atoms with Crippen molar-refractivity contribution in [1.82, 2.24) is 4.90 Å². The molecule has 0 radical (unpaired) electrons. The molecule has 17 heavy (non-hydrogen) atoms. The highest BCUT2D eigenvalue weighted by molar-refractivity contribution is 5.27. The first-order valence-corrected chi connectivity index (χ1v) is 6.23. The van der Waals surface area contributed by atoms with Crippen LogP contribution in [0.25, 0.3) is 0 Å². The second kappa shape index (κ2) is 6.12. The first kappa shape index (κ1) is 14.1. The quantitative estimate of drug-likeness (QED) is 0.854. The SMILES string of the molecule is CCN(C(C)C)C(CN)c1ccc(F)c(C)c1. The molecule has 0 aliphatic rings. The van der Waals surface area contributed by atoms with Crippen LogP contribution < -0.4 is 5.73 Å². The summed E-state index contributed by atoms with van der Waals surface area (Å²) in [6, 6.07) is 5.86. The first-order chi connectivity index (χ1) is 8.01. The van der Waals surface area contributed by atoms with Gasteiger partial charge in [-0.05, 0) is 44.5 Å². The maximum Gasteiger partial charge on any atom is 0.126 e. The molecular weight excluding hydrogens is 215 g/mol. The summed E-state index contributed by atoms with van der Waals surface area (Å²) in [6.45, 7) is 9.72. The van der Waals surface area contributed by atoms with Crippen LogP contribution in [0.5, 0.6) is 0 Å². The minimum Gasteiger partial charge on any atom is -0.329 e. The highest BCUT2D eigenvalue weighted by Crippen LogP contribution is 2.23. The molecule has 2 N–H and O–H groups in total. The highest BCUT2D eigenvalue weighted by Gasteiger charge is 2.20. The summed E-state index contributed by atoms with van der Waals surface area (Å²) < 4.78 is 13.3. The molecule has 0 aromatic heterocycles. The lowest BCUT2D eigenvalue weighted by Gasteiger charge is -2.33. The molecular formula is C14H23FN2. The molecule has 96 valence electrons. The summed E-state index contributed by atoms with van der Waals surface area (Å²) in [6.07, 6.45) is 0. The maximum atomic E-state index is 13.3. The van der Waals surface area contributed by atoms with Gasteiger partial charge in [-0.25, -0.2) is 4.39 Å². The molecule has 0 saturated heterocycles. The van der Waals surface area contributed by atoms with Crippen LogP contribution in [-0.2, 0) is 0 Å². The summed E-state index contributed by atoms with van der Waals surface area (Å²) in [5.74, 6) is -0.155. The molecule has 0 spiro atoms. The van der Waals surface area contributed by atoms with E-state index in [1.54, 1.807) is 6.92 Å². The number of nitrogens with two attached hydrogens (primary N) is 1. The van der Waals surface area contributed by atoms with Crippen LogP contribution in [-0.4, -0.2) is 24.0 Å². The molecule has 0 aliphatic heterocycles. The fourth-order valence-corrected chi connectivity index (χ4v) is 2.28. The molecule has 0 heterocycles. The first-order valence-electron chi connectivity index (χ1n) is 6.23. The monoisotopic (exact) mass is 238 g/mol. The van der Waals surface area contributed by atoms with Crippen LogP contribution in [0, 0.1) is 12.7 Å². The molecule has 1 aromatic carbocycles. The number of aryl methyl sites for hydroxylation is 1. The average Bonchev–Trinajstić information content (AvgIpc) is 2.29. The zero-order valence-electron chi connectivity index (χ0n) is 11.2. The van der Waals surface area contributed by atoms with Gasteiger partial charge in [0.05, 0.1) is 0 Å². The number of benzene rings is 1. The van der Waals surface area contributed by atoms with Crippen molar-refractivity contribution in [2.75, 3.05) is 13.1 Å². The number of rotatable bonds is 5. The van der Waals surface area contributed by atoms with E-state index >= 15 is 0 Å². The maximum absolute atomic E-state index is 13.3. The van der Waals surface area contributed by atoms with Crippen molar-refractivity contribution in [2.24, 2.45) is 5.73 Å². The average molecular weight is 238 g/mol. The number of hydrogen-bond acceptors (Lipinski definition) is 2. The van der Waals surface area contributed by atoms with Gasteiger partial charge in [0, 0.05) is 18.6 Å². The van der Waals surface area contributed by atoms with Gasteiger partial charge in [-0.2, -0.15) is 0 Å². The van der Waals surface area contributed by atoms with E-state index in [0.29, 0.717) is 18.2 Å². The number of hydrogen-bond donors (Lipinski definition) is 1. The van der Waals surface area contributed by atoms with Crippen molar-refractivity contribution in [3.8, 4) is 0 Å². The van der Waals surface area contributed by atoms with Gasteiger partial charge in [0.1, 0.15) is 5.82 Å². The fourth-order valence-electron chi connectivity index (χ4n) is 2.28. The van der Waals surface area contributed by atoms with Crippen LogP contribution in [0.15, 0.2) is 18.2 Å². The number of halogens is 1. The Labute approximate surface area is 104 Å². The second-order valence-electron chi connectivity index (χ2n) is 4.68. The predicted octanol–water partition coefficient (Wildman–Crippen LogP) is 2.86. The predicted molar refractivity (Wildman–Crippen MR) is 70.4 cm³/mol. The van der Waals surface area contributed by atoms with Crippen molar-refractivity contribution in [1.29, 1.82) is 0 Å². The topological polar surface area (TPSA) is 29.3 Å². The summed E-state index contributed by atoms with van der Waals surface area (Å²) in [7, 11) is 0. The van der Waals surface area contributed by atoms with Crippen molar-refractivity contribution < 1.29 is 4.39 Å². The lowest BCUT2D eigenvalue weighted by molar-refractivity contribution is 0.166. The van der Waals surface area contributed by atoms with Crippen molar-refractivity contribution in [3.05, 3.63) is 35.1 Å². The minimum absolute atomic E-state index is 0.155. The molecule has 1 atom stereocenters. The van der Waals surface area contributed by atoms with Crippen LogP contribution in [0.2, 0.25) is 0 Å². The summed E-state index contributed by atoms with van der Waals surface area (Å²) >= 11 is 0. The van der Waals surface area contributed by atoms with Crippen LogP contribution in [0.3, 0.4) is 0 Å². The highest BCUT2D eigenvalue weighted by atomic mass is 19.1. The molecule has 0 saturated carbocycles. The van der Waals surface area contributed by atoms with E-state index in [0.717, 1.165) is 12.1 Å². The van der Waals surface area contributed by atoms with Crippen molar-refractivity contribution in [3.63, 3.8) is 0 Å². The van der Waals surface area contributed by atoms with Gasteiger partial charge in [-0.3, -0.25) is 4.90 Å². The third-order valence-corrected chi connectivity index (χ3v) is 3.22. The smallest absolute Gasteiger partial charge is 0.126 e. The van der Waals surface area contributed by atoms with E-state index in [4.69, 9.17) is 5.73 Å². The Morgan fingerprint density at radius 2 is 2.00 bits per heavy atom. The molecule has 1 aromatic rings. The molecule has 0 bridgehead atoms. The second-order valence-corrected chi connectivity index (χ2v) is 4.68. The molecule has 0 fully saturated rings. The number of likely N-dealkylation sites (N-methyl/N-ethyl adjacent to an activating group) is 1. The third kappa shape index (κ3) is 3.27. The third-order valence-electron chi connectivity index (χ3n) is 3.22. The van der Waals surface area contributed by atoms with Crippen LogP contribution in [0.1, 0.15) is 37.9 Å².